The molecule has 102 valence electrons. The lowest BCUT2D eigenvalue weighted by molar-refractivity contribution is -0.146. The van der Waals surface area contributed by atoms with Gasteiger partial charge in [-0.25, -0.2) is 0 Å². The van der Waals surface area contributed by atoms with Crippen molar-refractivity contribution in [3.8, 4) is 0 Å². The molecule has 1 aliphatic rings. The summed E-state index contributed by atoms with van der Waals surface area (Å²) in [7, 11) is -1.75. The fourth-order valence-corrected chi connectivity index (χ4v) is 4.25. The molecule has 4 heteroatoms. The van der Waals surface area contributed by atoms with Gasteiger partial charge in [0.15, 0.2) is 0 Å². The zero-order valence-corrected chi connectivity index (χ0v) is 12.7. The van der Waals surface area contributed by atoms with Crippen molar-refractivity contribution >= 4 is 14.3 Å². The fraction of sp³-hybridized carbons (Fsp3) is 0.400. The average molecular weight is 276 g/mol. The van der Waals surface area contributed by atoms with Crippen LogP contribution >= 0.6 is 0 Å². The highest BCUT2D eigenvalue weighted by Gasteiger charge is 2.34. The molecular weight excluding hydrogens is 256 g/mol. The number of rotatable bonds is 4. The predicted molar refractivity (Wildman–Crippen MR) is 77.1 cm³/mol. The van der Waals surface area contributed by atoms with Gasteiger partial charge < -0.3 is 9.16 Å². The summed E-state index contributed by atoms with van der Waals surface area (Å²) in [5, 5.41) is 1.32. The van der Waals surface area contributed by atoms with Crippen LogP contribution in [0.25, 0.3) is 0 Å². The number of carbonyl (C=O) groups excluding carboxylic acids is 1. The molecule has 3 nitrogen and oxygen atoms in total. The Bertz CT molecular complexity index is 479. The molecule has 1 aromatic carbocycles. The third-order valence-electron chi connectivity index (χ3n) is 3.43. The summed E-state index contributed by atoms with van der Waals surface area (Å²) in [5.41, 5.74) is 1.04. The number of carbonyl (C=O) groups is 1. The van der Waals surface area contributed by atoms with E-state index < -0.39 is 8.32 Å². The molecule has 0 aromatic heterocycles. The van der Waals surface area contributed by atoms with E-state index in [9.17, 15) is 4.79 Å². The highest BCUT2D eigenvalue weighted by Crippen LogP contribution is 2.33. The molecule has 0 saturated carbocycles. The number of esters is 1. The van der Waals surface area contributed by atoms with Crippen LogP contribution in [-0.4, -0.2) is 20.9 Å². The fourth-order valence-electron chi connectivity index (χ4n) is 2.31. The Balaban J connectivity index is 2.18. The summed E-state index contributed by atoms with van der Waals surface area (Å²) in [6, 6.07) is 9.89. The molecule has 0 amide bonds. The van der Waals surface area contributed by atoms with E-state index in [1.54, 1.807) is 0 Å². The maximum atomic E-state index is 11.3. The molecule has 1 atom stereocenters. The van der Waals surface area contributed by atoms with Crippen LogP contribution in [0.5, 0.6) is 0 Å². The highest BCUT2D eigenvalue weighted by atomic mass is 28.4. The van der Waals surface area contributed by atoms with Gasteiger partial charge in [-0.3, -0.25) is 4.79 Å². The van der Waals surface area contributed by atoms with Crippen LogP contribution in [0.3, 0.4) is 0 Å². The van der Waals surface area contributed by atoms with Gasteiger partial charge in [0.25, 0.3) is 0 Å². The summed E-state index contributed by atoms with van der Waals surface area (Å²) in [4.78, 5) is 11.3. The van der Waals surface area contributed by atoms with E-state index in [2.05, 4.69) is 19.2 Å². The Morgan fingerprint density at radius 1 is 1.37 bits per heavy atom. The SMILES string of the molecule is CC(=O)OC(CC1=CCO[Si]1(C)C)c1ccccc1. The zero-order chi connectivity index (χ0) is 13.9. The van der Waals surface area contributed by atoms with Gasteiger partial charge in [0.2, 0.25) is 8.32 Å². The third-order valence-corrected chi connectivity index (χ3v) is 6.28. The van der Waals surface area contributed by atoms with Gasteiger partial charge in [-0.05, 0) is 18.7 Å². The quantitative estimate of drug-likeness (QED) is 0.624. The van der Waals surface area contributed by atoms with Crippen LogP contribution < -0.4 is 0 Å². The second kappa shape index (κ2) is 5.71. The molecule has 2 rings (SSSR count). The second-order valence-electron chi connectivity index (χ2n) is 5.26. The van der Waals surface area contributed by atoms with Gasteiger partial charge in [-0.2, -0.15) is 0 Å². The molecule has 0 radical (unpaired) electrons. The molecule has 1 aromatic rings. The number of benzene rings is 1. The number of hydrogen-bond donors (Lipinski definition) is 0. The van der Waals surface area contributed by atoms with Crippen LogP contribution in [0.2, 0.25) is 13.1 Å². The van der Waals surface area contributed by atoms with Crippen molar-refractivity contribution in [2.75, 3.05) is 6.61 Å². The van der Waals surface area contributed by atoms with Gasteiger partial charge in [0, 0.05) is 13.3 Å². The first-order valence-corrected chi connectivity index (χ1v) is 9.45. The first-order chi connectivity index (χ1) is 8.99. The Morgan fingerprint density at radius 2 is 2.05 bits per heavy atom. The molecule has 0 aliphatic carbocycles. The molecule has 0 fully saturated rings. The molecular formula is C15H20O3Si. The largest absolute Gasteiger partial charge is 0.457 e. The van der Waals surface area contributed by atoms with Crippen molar-refractivity contribution in [2.24, 2.45) is 0 Å². The minimum atomic E-state index is -1.75. The van der Waals surface area contributed by atoms with Gasteiger partial charge in [0.05, 0.1) is 6.61 Å². The van der Waals surface area contributed by atoms with Gasteiger partial charge >= 0.3 is 5.97 Å². The minimum absolute atomic E-state index is 0.210. The summed E-state index contributed by atoms with van der Waals surface area (Å²) in [6.07, 6.45) is 2.67. The predicted octanol–water partition coefficient (Wildman–Crippen LogP) is 3.38. The summed E-state index contributed by atoms with van der Waals surface area (Å²) in [5.74, 6) is -0.243. The van der Waals surface area contributed by atoms with Crippen LogP contribution in [0.15, 0.2) is 41.6 Å². The molecule has 1 unspecified atom stereocenters. The van der Waals surface area contributed by atoms with Gasteiger partial charge in [-0.1, -0.05) is 41.6 Å². The zero-order valence-electron chi connectivity index (χ0n) is 11.7. The molecule has 1 aliphatic heterocycles. The van der Waals surface area contributed by atoms with E-state index in [0.717, 1.165) is 12.0 Å². The molecule has 19 heavy (non-hydrogen) atoms. The Labute approximate surface area is 115 Å². The lowest BCUT2D eigenvalue weighted by Crippen LogP contribution is -2.30. The Kier molecular flexibility index (Phi) is 4.22. The van der Waals surface area contributed by atoms with E-state index >= 15 is 0 Å². The third kappa shape index (κ3) is 3.55. The van der Waals surface area contributed by atoms with Crippen LogP contribution in [0.1, 0.15) is 25.0 Å². The van der Waals surface area contributed by atoms with E-state index in [-0.39, 0.29) is 12.1 Å². The highest BCUT2D eigenvalue weighted by molar-refractivity contribution is 6.79. The Hall–Kier alpha value is -1.39. The van der Waals surface area contributed by atoms with Crippen LogP contribution in [0.4, 0.5) is 0 Å². The van der Waals surface area contributed by atoms with Crippen molar-refractivity contribution in [1.82, 2.24) is 0 Å². The van der Waals surface area contributed by atoms with Crippen molar-refractivity contribution in [2.45, 2.75) is 32.5 Å². The molecule has 0 bridgehead atoms. The van der Waals surface area contributed by atoms with Crippen LogP contribution in [-0.2, 0) is 14.0 Å². The maximum absolute atomic E-state index is 11.3. The number of ether oxygens (including phenoxy) is 1. The van der Waals surface area contributed by atoms with E-state index in [4.69, 9.17) is 9.16 Å². The van der Waals surface area contributed by atoms with Crippen molar-refractivity contribution < 1.29 is 14.0 Å². The molecule has 1 heterocycles. The summed E-state index contributed by atoms with van der Waals surface area (Å²) >= 11 is 0. The number of hydrogen-bond acceptors (Lipinski definition) is 3. The first kappa shape index (κ1) is 14.0. The van der Waals surface area contributed by atoms with E-state index in [1.807, 2.05) is 30.3 Å². The molecule has 0 N–H and O–H groups in total. The van der Waals surface area contributed by atoms with Gasteiger partial charge in [-0.15, -0.1) is 0 Å². The first-order valence-electron chi connectivity index (χ1n) is 6.54. The summed E-state index contributed by atoms with van der Waals surface area (Å²) in [6.45, 7) is 6.51. The molecule has 0 spiro atoms. The Morgan fingerprint density at radius 3 is 2.58 bits per heavy atom. The van der Waals surface area contributed by atoms with Crippen LogP contribution in [0, 0.1) is 0 Å². The van der Waals surface area contributed by atoms with E-state index in [0.29, 0.717) is 6.61 Å². The van der Waals surface area contributed by atoms with Gasteiger partial charge in [0.1, 0.15) is 6.10 Å². The smallest absolute Gasteiger partial charge is 0.303 e. The monoisotopic (exact) mass is 276 g/mol. The van der Waals surface area contributed by atoms with Crippen molar-refractivity contribution in [1.29, 1.82) is 0 Å². The van der Waals surface area contributed by atoms with Crippen molar-refractivity contribution in [3.63, 3.8) is 0 Å². The molecule has 0 saturated heterocycles. The maximum Gasteiger partial charge on any atom is 0.303 e. The minimum Gasteiger partial charge on any atom is -0.457 e. The van der Waals surface area contributed by atoms with E-state index in [1.165, 1.54) is 12.1 Å². The average Bonchev–Trinajstić information content (AvgIpc) is 2.68. The topological polar surface area (TPSA) is 35.5 Å². The lowest BCUT2D eigenvalue weighted by Gasteiger charge is -2.24. The summed E-state index contributed by atoms with van der Waals surface area (Å²) < 4.78 is 11.3. The van der Waals surface area contributed by atoms with Crippen molar-refractivity contribution in [3.05, 3.63) is 47.2 Å². The lowest BCUT2D eigenvalue weighted by atomic mass is 10.1. The standard InChI is InChI=1S/C15H20O3Si/c1-12(16)18-15(13-7-5-4-6-8-13)11-14-9-10-17-19(14,2)3/h4-9,15H,10-11H2,1-3H3. The normalized spacial score (nSPS) is 18.8. The second-order valence-corrected chi connectivity index (χ2v) is 9.22.